The molecule has 2 aromatic rings. The van der Waals surface area contributed by atoms with Crippen LogP contribution in [0, 0.1) is 29.1 Å². The fourth-order valence-corrected chi connectivity index (χ4v) is 2.41. The average Bonchev–Trinajstić information content (AvgIpc) is 2.69. The maximum absolute atomic E-state index is 13.5. The zero-order chi connectivity index (χ0) is 20.4. The summed E-state index contributed by atoms with van der Waals surface area (Å²) in [5.74, 6) is -11.8. The van der Waals surface area contributed by atoms with Crippen LogP contribution in [0.3, 0.4) is 0 Å². The number of nitrogens with zero attached hydrogens (tertiary/aromatic N) is 2. The van der Waals surface area contributed by atoms with E-state index in [1.165, 1.54) is 6.07 Å². The summed E-state index contributed by atoms with van der Waals surface area (Å²) in [4.78, 5) is 25.0. The number of anilines is 1. The Morgan fingerprint density at radius 2 is 1.68 bits per heavy atom. The third-order valence-electron chi connectivity index (χ3n) is 3.74. The summed E-state index contributed by atoms with van der Waals surface area (Å²) in [5.41, 5.74) is 0.877. The highest BCUT2D eigenvalue weighted by molar-refractivity contribution is 6.02. The number of benzene rings is 2. The van der Waals surface area contributed by atoms with Crippen molar-refractivity contribution >= 4 is 23.7 Å². The molecule has 0 radical (unpaired) electrons. The van der Waals surface area contributed by atoms with E-state index in [-0.39, 0.29) is 12.8 Å². The Balaban J connectivity index is 1.73. The van der Waals surface area contributed by atoms with E-state index in [0.717, 1.165) is 4.90 Å². The molecule has 0 bridgehead atoms. The minimum Gasteiger partial charge on any atom is -0.482 e. The maximum Gasteiger partial charge on any atom is 0.265 e. The van der Waals surface area contributed by atoms with Crippen LogP contribution in [0.2, 0.25) is 0 Å². The Labute approximate surface area is 154 Å². The summed E-state index contributed by atoms with van der Waals surface area (Å²) in [7, 11) is 0. The molecule has 1 aliphatic heterocycles. The van der Waals surface area contributed by atoms with Crippen LogP contribution in [0.25, 0.3) is 0 Å². The van der Waals surface area contributed by atoms with Crippen molar-refractivity contribution in [2.75, 3.05) is 18.1 Å². The molecule has 0 atom stereocenters. The van der Waals surface area contributed by atoms with E-state index < -0.39 is 53.0 Å². The summed E-state index contributed by atoms with van der Waals surface area (Å²) >= 11 is 0. The number of amides is 2. The van der Waals surface area contributed by atoms with Crippen molar-refractivity contribution in [1.29, 1.82) is 0 Å². The fraction of sp³-hybridized carbons (Fsp3) is 0.118. The van der Waals surface area contributed by atoms with Crippen LogP contribution in [0.15, 0.2) is 29.4 Å². The summed E-state index contributed by atoms with van der Waals surface area (Å²) < 4.78 is 71.5. The third kappa shape index (κ3) is 3.50. The van der Waals surface area contributed by atoms with Crippen molar-refractivity contribution in [2.45, 2.75) is 0 Å². The van der Waals surface area contributed by atoms with Gasteiger partial charge in [-0.15, -0.1) is 0 Å². The van der Waals surface area contributed by atoms with Gasteiger partial charge in [-0.2, -0.15) is 5.10 Å². The lowest BCUT2D eigenvalue weighted by Gasteiger charge is -2.28. The fourth-order valence-electron chi connectivity index (χ4n) is 2.41. The first kappa shape index (κ1) is 19.3. The van der Waals surface area contributed by atoms with Crippen LogP contribution < -0.4 is 15.1 Å². The number of carbonyl (C=O) groups excluding carboxylic acids is 2. The van der Waals surface area contributed by atoms with Crippen molar-refractivity contribution < 1.29 is 36.3 Å². The van der Waals surface area contributed by atoms with Gasteiger partial charge in [0.15, 0.2) is 29.9 Å². The van der Waals surface area contributed by atoms with Gasteiger partial charge < -0.3 is 4.74 Å². The van der Waals surface area contributed by atoms with Crippen LogP contribution in [0.5, 0.6) is 5.75 Å². The molecule has 1 N–H and O–H groups in total. The molecule has 11 heteroatoms. The summed E-state index contributed by atoms with van der Waals surface area (Å²) in [5, 5.41) is 3.19. The van der Waals surface area contributed by atoms with Gasteiger partial charge in [0.05, 0.1) is 17.5 Å². The van der Waals surface area contributed by atoms with Gasteiger partial charge in [-0.05, 0) is 12.1 Å². The smallest absolute Gasteiger partial charge is 0.265 e. The van der Waals surface area contributed by atoms with Gasteiger partial charge in [-0.1, -0.05) is 12.1 Å². The molecule has 0 spiro atoms. The van der Waals surface area contributed by atoms with Gasteiger partial charge in [0, 0.05) is 0 Å². The Bertz CT molecular complexity index is 967. The SMILES string of the molecule is O=C(CN1C(=O)COc2ccccc21)N/N=C\c1c(F)c(F)c(F)c(F)c1F. The number of fused-ring (bicyclic) bond motifs is 1. The lowest BCUT2D eigenvalue weighted by atomic mass is 10.2. The van der Waals surface area contributed by atoms with E-state index in [1.54, 1.807) is 18.2 Å². The molecular formula is C17H10F5N3O3. The predicted octanol–water partition coefficient (Wildman–Crippen LogP) is 2.26. The van der Waals surface area contributed by atoms with Crippen molar-refractivity contribution in [2.24, 2.45) is 5.10 Å². The quantitative estimate of drug-likeness (QED) is 0.282. The maximum atomic E-state index is 13.5. The highest BCUT2D eigenvalue weighted by Gasteiger charge is 2.27. The summed E-state index contributed by atoms with van der Waals surface area (Å²) in [6.45, 7) is -0.800. The number of carbonyl (C=O) groups is 2. The molecule has 0 saturated heterocycles. The van der Waals surface area contributed by atoms with Crippen LogP contribution in [0.1, 0.15) is 5.56 Å². The lowest BCUT2D eigenvalue weighted by Crippen LogP contribution is -2.44. The van der Waals surface area contributed by atoms with Gasteiger partial charge in [0.2, 0.25) is 5.82 Å². The molecule has 6 nitrogen and oxygen atoms in total. The van der Waals surface area contributed by atoms with Crippen LogP contribution in [-0.2, 0) is 9.59 Å². The number of hydrazone groups is 1. The highest BCUT2D eigenvalue weighted by atomic mass is 19.2. The molecule has 0 unspecified atom stereocenters. The minimum absolute atomic E-state index is 0.281. The number of rotatable bonds is 4. The Hall–Kier alpha value is -3.50. The Kier molecular flexibility index (Phi) is 5.25. The third-order valence-corrected chi connectivity index (χ3v) is 3.74. The van der Waals surface area contributed by atoms with Gasteiger partial charge in [-0.3, -0.25) is 14.5 Å². The minimum atomic E-state index is -2.30. The molecule has 1 heterocycles. The van der Waals surface area contributed by atoms with E-state index in [2.05, 4.69) is 5.10 Å². The molecular weight excluding hydrogens is 389 g/mol. The van der Waals surface area contributed by atoms with E-state index in [9.17, 15) is 31.5 Å². The van der Waals surface area contributed by atoms with Gasteiger partial charge in [-0.25, -0.2) is 27.4 Å². The molecule has 146 valence electrons. The Morgan fingerprint density at radius 3 is 2.36 bits per heavy atom. The van der Waals surface area contributed by atoms with Crippen molar-refractivity contribution in [3.05, 3.63) is 58.9 Å². The molecule has 0 aromatic heterocycles. The number of hydrogen-bond acceptors (Lipinski definition) is 4. The van der Waals surface area contributed by atoms with E-state index in [1.807, 2.05) is 5.43 Å². The van der Waals surface area contributed by atoms with Crippen molar-refractivity contribution in [3.63, 3.8) is 0 Å². The highest BCUT2D eigenvalue weighted by Crippen LogP contribution is 2.31. The topological polar surface area (TPSA) is 71.0 Å². The van der Waals surface area contributed by atoms with E-state index in [4.69, 9.17) is 4.74 Å². The van der Waals surface area contributed by atoms with E-state index >= 15 is 0 Å². The number of hydrogen-bond donors (Lipinski definition) is 1. The normalized spacial score (nSPS) is 13.5. The predicted molar refractivity (Wildman–Crippen MR) is 86.3 cm³/mol. The first-order valence-electron chi connectivity index (χ1n) is 7.66. The van der Waals surface area contributed by atoms with Crippen LogP contribution in [-0.4, -0.2) is 31.2 Å². The zero-order valence-electron chi connectivity index (χ0n) is 13.8. The van der Waals surface area contributed by atoms with Crippen molar-refractivity contribution in [1.82, 2.24) is 5.43 Å². The first-order valence-corrected chi connectivity index (χ1v) is 7.66. The second-order valence-corrected chi connectivity index (χ2v) is 5.51. The number of ether oxygens (including phenoxy) is 1. The number of para-hydroxylation sites is 2. The summed E-state index contributed by atoms with van der Waals surface area (Å²) in [6.07, 6.45) is 0.281. The van der Waals surface area contributed by atoms with Gasteiger partial charge in [0.25, 0.3) is 11.8 Å². The Morgan fingerprint density at radius 1 is 1.07 bits per heavy atom. The second-order valence-electron chi connectivity index (χ2n) is 5.51. The molecule has 2 amide bonds. The van der Waals surface area contributed by atoms with Gasteiger partial charge >= 0.3 is 0 Å². The largest absolute Gasteiger partial charge is 0.482 e. The zero-order valence-corrected chi connectivity index (χ0v) is 13.8. The molecule has 0 fully saturated rings. The second kappa shape index (κ2) is 7.62. The monoisotopic (exact) mass is 399 g/mol. The molecule has 0 aliphatic carbocycles. The molecule has 3 rings (SSSR count). The van der Waals surface area contributed by atoms with Crippen LogP contribution in [0.4, 0.5) is 27.6 Å². The molecule has 0 saturated carbocycles. The average molecular weight is 399 g/mol. The number of halogens is 5. The molecule has 28 heavy (non-hydrogen) atoms. The van der Waals surface area contributed by atoms with E-state index in [0.29, 0.717) is 11.4 Å². The summed E-state index contributed by atoms with van der Waals surface area (Å²) in [6, 6.07) is 6.42. The van der Waals surface area contributed by atoms with Crippen LogP contribution >= 0.6 is 0 Å². The van der Waals surface area contributed by atoms with Crippen molar-refractivity contribution in [3.8, 4) is 5.75 Å². The standard InChI is InChI=1S/C17H10F5N3O3/c18-13-8(14(19)16(21)17(22)15(13)20)5-23-24-11(26)6-25-9-3-1-2-4-10(9)28-7-12(25)27/h1-5H,6-7H2,(H,24,26)/b23-5-. The lowest BCUT2D eigenvalue weighted by molar-refractivity contribution is -0.125. The number of nitrogens with one attached hydrogen (secondary N) is 1. The van der Waals surface area contributed by atoms with Gasteiger partial charge in [0.1, 0.15) is 12.3 Å². The molecule has 2 aromatic carbocycles. The molecule has 1 aliphatic rings. The first-order chi connectivity index (χ1) is 13.3.